The van der Waals surface area contributed by atoms with Gasteiger partial charge in [-0.3, -0.25) is 0 Å². The summed E-state index contributed by atoms with van der Waals surface area (Å²) in [4.78, 5) is 4.96. The van der Waals surface area contributed by atoms with E-state index in [1.54, 1.807) is 0 Å². The quantitative estimate of drug-likeness (QED) is 0.323. The van der Waals surface area contributed by atoms with Gasteiger partial charge in [-0.1, -0.05) is 97.1 Å². The molecule has 4 aromatic carbocycles. The number of benzene rings is 4. The topological polar surface area (TPSA) is 17.8 Å². The van der Waals surface area contributed by atoms with Crippen molar-refractivity contribution in [1.29, 1.82) is 0 Å². The summed E-state index contributed by atoms with van der Waals surface area (Å²) in [5.74, 6) is 1.12. The molecule has 30 heavy (non-hydrogen) atoms. The molecule has 0 radical (unpaired) electrons. The van der Waals surface area contributed by atoms with Crippen molar-refractivity contribution >= 4 is 11.0 Å². The molecule has 0 saturated heterocycles. The van der Waals surface area contributed by atoms with Crippen molar-refractivity contribution in [2.24, 2.45) is 0 Å². The van der Waals surface area contributed by atoms with Crippen LogP contribution < -0.4 is 0 Å². The van der Waals surface area contributed by atoms with Crippen LogP contribution in [0.3, 0.4) is 0 Å². The van der Waals surface area contributed by atoms with Crippen molar-refractivity contribution in [2.45, 2.75) is 19.4 Å². The molecule has 2 heteroatoms. The molecule has 0 atom stereocenters. The van der Waals surface area contributed by atoms with Crippen molar-refractivity contribution in [1.82, 2.24) is 9.55 Å². The highest BCUT2D eigenvalue weighted by molar-refractivity contribution is 5.76. The van der Waals surface area contributed by atoms with Gasteiger partial charge in [0.1, 0.15) is 5.82 Å². The smallest absolute Gasteiger partial charge is 0.114 e. The first-order valence-electron chi connectivity index (χ1n) is 10.5. The fraction of sp³-hybridized carbons (Fsp3) is 0.107. The van der Waals surface area contributed by atoms with Crippen LogP contribution in [-0.4, -0.2) is 9.55 Å². The molecule has 1 heterocycles. The van der Waals surface area contributed by atoms with Crippen LogP contribution in [0.1, 0.15) is 17.0 Å². The van der Waals surface area contributed by atoms with Gasteiger partial charge in [-0.2, -0.15) is 0 Å². The molecule has 0 aliphatic rings. The molecule has 0 saturated carbocycles. The maximum Gasteiger partial charge on any atom is 0.114 e. The van der Waals surface area contributed by atoms with E-state index in [4.69, 9.17) is 4.98 Å². The fourth-order valence-corrected chi connectivity index (χ4v) is 4.02. The van der Waals surface area contributed by atoms with Gasteiger partial charge in [0.25, 0.3) is 0 Å². The summed E-state index contributed by atoms with van der Waals surface area (Å²) in [6.07, 6.45) is 1.83. The molecule has 0 N–H and O–H groups in total. The van der Waals surface area contributed by atoms with Crippen LogP contribution >= 0.6 is 0 Å². The normalized spacial score (nSPS) is 11.1. The van der Waals surface area contributed by atoms with Crippen LogP contribution in [0.4, 0.5) is 0 Å². The molecule has 146 valence electrons. The van der Waals surface area contributed by atoms with Gasteiger partial charge in [0.05, 0.1) is 11.0 Å². The lowest BCUT2D eigenvalue weighted by Gasteiger charge is -2.10. The Hall–Kier alpha value is -3.65. The Morgan fingerprint density at radius 1 is 0.567 bits per heavy atom. The molecule has 2 nitrogen and oxygen atoms in total. The number of hydrogen-bond donors (Lipinski definition) is 0. The van der Waals surface area contributed by atoms with Gasteiger partial charge in [-0.05, 0) is 40.8 Å². The van der Waals surface area contributed by atoms with Gasteiger partial charge in [0, 0.05) is 13.0 Å². The van der Waals surface area contributed by atoms with Crippen LogP contribution in [0, 0.1) is 0 Å². The Morgan fingerprint density at radius 3 is 1.97 bits per heavy atom. The highest BCUT2D eigenvalue weighted by atomic mass is 15.1. The van der Waals surface area contributed by atoms with E-state index >= 15 is 0 Å². The summed E-state index contributed by atoms with van der Waals surface area (Å²) in [7, 11) is 0. The van der Waals surface area contributed by atoms with Gasteiger partial charge in [0.2, 0.25) is 0 Å². The first-order valence-corrected chi connectivity index (χ1v) is 10.5. The van der Waals surface area contributed by atoms with E-state index < -0.39 is 0 Å². The van der Waals surface area contributed by atoms with E-state index in [-0.39, 0.29) is 0 Å². The summed E-state index contributed by atoms with van der Waals surface area (Å²) in [5, 5.41) is 0. The SMILES string of the molecule is c1ccc(CCn2c(Cc3ccc(-c4ccccc4)cc3)nc3ccccc32)cc1. The minimum absolute atomic E-state index is 0.832. The Kier molecular flexibility index (Phi) is 5.14. The predicted molar refractivity (Wildman–Crippen MR) is 125 cm³/mol. The molecular formula is C28H24N2. The average molecular weight is 389 g/mol. The molecular weight excluding hydrogens is 364 g/mol. The largest absolute Gasteiger partial charge is 0.327 e. The number of para-hydroxylation sites is 2. The van der Waals surface area contributed by atoms with Gasteiger partial charge < -0.3 is 4.57 Å². The number of aryl methyl sites for hydroxylation is 2. The van der Waals surface area contributed by atoms with Crippen LogP contribution in [0.15, 0.2) is 109 Å². The zero-order chi connectivity index (χ0) is 20.2. The average Bonchev–Trinajstić information content (AvgIpc) is 3.16. The van der Waals surface area contributed by atoms with E-state index in [9.17, 15) is 0 Å². The third-order valence-corrected chi connectivity index (χ3v) is 5.62. The molecule has 0 spiro atoms. The maximum atomic E-state index is 4.96. The summed E-state index contributed by atoms with van der Waals surface area (Å²) >= 11 is 0. The van der Waals surface area contributed by atoms with Crippen LogP contribution in [-0.2, 0) is 19.4 Å². The van der Waals surface area contributed by atoms with Crippen molar-refractivity contribution in [3.8, 4) is 11.1 Å². The number of aromatic nitrogens is 2. The van der Waals surface area contributed by atoms with Crippen molar-refractivity contribution in [3.63, 3.8) is 0 Å². The molecule has 0 aliphatic heterocycles. The lowest BCUT2D eigenvalue weighted by atomic mass is 10.0. The zero-order valence-corrected chi connectivity index (χ0v) is 16.9. The Balaban J connectivity index is 1.42. The van der Waals surface area contributed by atoms with Gasteiger partial charge in [-0.15, -0.1) is 0 Å². The Bertz CT molecular complexity index is 1240. The first-order chi connectivity index (χ1) is 14.9. The second-order valence-corrected chi connectivity index (χ2v) is 7.64. The van der Waals surface area contributed by atoms with Crippen molar-refractivity contribution < 1.29 is 0 Å². The number of rotatable bonds is 6. The zero-order valence-electron chi connectivity index (χ0n) is 16.9. The summed E-state index contributed by atoms with van der Waals surface area (Å²) in [5.41, 5.74) is 7.42. The molecule has 0 fully saturated rings. The minimum atomic E-state index is 0.832. The van der Waals surface area contributed by atoms with Crippen molar-refractivity contribution in [3.05, 3.63) is 126 Å². The molecule has 5 rings (SSSR count). The summed E-state index contributed by atoms with van der Waals surface area (Å²) < 4.78 is 2.38. The molecule has 0 aliphatic carbocycles. The van der Waals surface area contributed by atoms with Crippen LogP contribution in [0.5, 0.6) is 0 Å². The predicted octanol–water partition coefficient (Wildman–Crippen LogP) is 6.54. The third-order valence-electron chi connectivity index (χ3n) is 5.62. The second kappa shape index (κ2) is 8.38. The Labute approximate surface area is 177 Å². The van der Waals surface area contributed by atoms with Gasteiger partial charge in [-0.25, -0.2) is 4.98 Å². The highest BCUT2D eigenvalue weighted by Gasteiger charge is 2.11. The second-order valence-electron chi connectivity index (χ2n) is 7.64. The van der Waals surface area contributed by atoms with Gasteiger partial charge >= 0.3 is 0 Å². The summed E-state index contributed by atoms with van der Waals surface area (Å²) in [6, 6.07) is 38.5. The van der Waals surface area contributed by atoms with E-state index in [1.807, 2.05) is 0 Å². The molecule has 0 amide bonds. The number of hydrogen-bond acceptors (Lipinski definition) is 1. The van der Waals surface area contributed by atoms with E-state index in [2.05, 4.69) is 114 Å². The standard InChI is InChI=1S/C28H24N2/c1-3-9-22(10-4-1)19-20-30-27-14-8-7-13-26(27)29-28(30)21-23-15-17-25(18-16-23)24-11-5-2-6-12-24/h1-18H,19-21H2. The van der Waals surface area contributed by atoms with Crippen LogP contribution in [0.25, 0.3) is 22.2 Å². The number of nitrogens with zero attached hydrogens (tertiary/aromatic N) is 2. The van der Waals surface area contributed by atoms with E-state index in [0.29, 0.717) is 0 Å². The highest BCUT2D eigenvalue weighted by Crippen LogP contribution is 2.22. The third kappa shape index (κ3) is 3.90. The van der Waals surface area contributed by atoms with Crippen LogP contribution in [0.2, 0.25) is 0 Å². The number of fused-ring (bicyclic) bond motifs is 1. The first kappa shape index (κ1) is 18.4. The Morgan fingerprint density at radius 2 is 1.20 bits per heavy atom. The molecule has 5 aromatic rings. The van der Waals surface area contributed by atoms with Crippen molar-refractivity contribution in [2.75, 3.05) is 0 Å². The minimum Gasteiger partial charge on any atom is -0.327 e. The van der Waals surface area contributed by atoms with E-state index in [1.165, 1.54) is 27.8 Å². The van der Waals surface area contributed by atoms with E-state index in [0.717, 1.165) is 30.7 Å². The molecule has 0 unspecified atom stereocenters. The lowest BCUT2D eigenvalue weighted by molar-refractivity contribution is 0.679. The number of imidazole rings is 1. The van der Waals surface area contributed by atoms with Gasteiger partial charge in [0.15, 0.2) is 0 Å². The summed E-state index contributed by atoms with van der Waals surface area (Å²) in [6.45, 7) is 0.932. The molecule has 1 aromatic heterocycles. The fourth-order valence-electron chi connectivity index (χ4n) is 4.02. The monoisotopic (exact) mass is 388 g/mol. The molecule has 0 bridgehead atoms. The maximum absolute atomic E-state index is 4.96. The lowest BCUT2D eigenvalue weighted by Crippen LogP contribution is -2.07.